The number of hydrogen-bond donors (Lipinski definition) is 0. The zero-order valence-corrected chi connectivity index (χ0v) is 25.3. The standard InChI is InChI=1S/C13H11.2C10H15.Zr/c1-3-7-12(8-4-1)11-13-9-5-2-6-10-13;2*1-6-7(2)9(4)10(5)8(6)3;/h1-11H;2*1-5H3;/q3*-1;+3. The van der Waals surface area contributed by atoms with Crippen molar-refractivity contribution in [1.29, 1.82) is 0 Å². The van der Waals surface area contributed by atoms with E-state index in [1.807, 2.05) is 12.1 Å². The molecule has 0 N–H and O–H groups in total. The second-order valence-electron chi connectivity index (χ2n) is 9.22. The van der Waals surface area contributed by atoms with E-state index in [0.29, 0.717) is 0 Å². The Kier molecular flexibility index (Phi) is 12.1. The largest absolute Gasteiger partial charge is 3.00 e. The van der Waals surface area contributed by atoms with E-state index >= 15 is 0 Å². The molecule has 34 heavy (non-hydrogen) atoms. The molecule has 0 spiro atoms. The van der Waals surface area contributed by atoms with Gasteiger partial charge in [0.25, 0.3) is 0 Å². The van der Waals surface area contributed by atoms with Crippen molar-refractivity contribution in [2.45, 2.75) is 69.2 Å². The minimum Gasteiger partial charge on any atom is -0.196 e. The molecule has 0 aliphatic rings. The molecule has 4 aromatic rings. The van der Waals surface area contributed by atoms with Gasteiger partial charge in [-0.25, -0.2) is 0 Å². The molecule has 4 aromatic carbocycles. The zero-order valence-electron chi connectivity index (χ0n) is 22.9. The molecule has 0 aliphatic heterocycles. The van der Waals surface area contributed by atoms with Gasteiger partial charge < -0.3 is 0 Å². The second-order valence-corrected chi connectivity index (χ2v) is 9.22. The van der Waals surface area contributed by atoms with Crippen LogP contribution in [-0.4, -0.2) is 0 Å². The first-order chi connectivity index (χ1) is 15.6. The van der Waals surface area contributed by atoms with Gasteiger partial charge in [0, 0.05) is 0 Å². The Balaban J connectivity index is 0.000000255. The topological polar surface area (TPSA) is 0 Å². The third kappa shape index (κ3) is 7.45. The molecule has 1 radical (unpaired) electrons. The number of rotatable bonds is 2. The molecule has 4 rings (SSSR count). The first-order valence-electron chi connectivity index (χ1n) is 11.9. The van der Waals surface area contributed by atoms with E-state index in [2.05, 4.69) is 124 Å². The van der Waals surface area contributed by atoms with E-state index in [1.165, 1.54) is 66.8 Å². The molecule has 0 nitrogen and oxygen atoms in total. The monoisotopic (exact) mass is 527 g/mol. The van der Waals surface area contributed by atoms with E-state index in [1.54, 1.807) is 0 Å². The third-order valence-corrected chi connectivity index (χ3v) is 7.56. The van der Waals surface area contributed by atoms with Crippen LogP contribution in [0.4, 0.5) is 0 Å². The third-order valence-electron chi connectivity index (χ3n) is 7.56. The summed E-state index contributed by atoms with van der Waals surface area (Å²) in [6.07, 6.45) is 2.17. The van der Waals surface area contributed by atoms with Gasteiger partial charge in [0.1, 0.15) is 0 Å². The van der Waals surface area contributed by atoms with Crippen LogP contribution < -0.4 is 0 Å². The van der Waals surface area contributed by atoms with Crippen LogP contribution in [-0.2, 0) is 26.2 Å². The summed E-state index contributed by atoms with van der Waals surface area (Å²) in [6, 6.07) is 20.7. The van der Waals surface area contributed by atoms with Crippen molar-refractivity contribution in [3.63, 3.8) is 0 Å². The molecule has 1 heteroatoms. The molecule has 0 aromatic heterocycles. The van der Waals surface area contributed by atoms with Crippen LogP contribution in [0.5, 0.6) is 0 Å². The van der Waals surface area contributed by atoms with E-state index in [-0.39, 0.29) is 26.2 Å². The predicted molar refractivity (Wildman–Crippen MR) is 147 cm³/mol. The Labute approximate surface area is 228 Å². The normalized spacial score (nSPS) is 9.82. The van der Waals surface area contributed by atoms with Gasteiger partial charge in [-0.1, -0.05) is 106 Å². The first kappa shape index (κ1) is 29.9. The first-order valence-corrected chi connectivity index (χ1v) is 11.9. The SMILES string of the molecule is Cc1c(C)c(C)[c-](C)c1C.Cc1c(C)c(C)[c-](C)c1C.[Zr+3].c1ccc([CH-]c2ccccc2)cc1. The molecule has 0 atom stereocenters. The Hall–Kier alpha value is -2.11. The summed E-state index contributed by atoms with van der Waals surface area (Å²) in [5, 5.41) is 0. The number of benzene rings is 2. The molecular weight excluding hydrogens is 488 g/mol. The zero-order chi connectivity index (χ0) is 24.7. The average molecular weight is 529 g/mol. The van der Waals surface area contributed by atoms with Gasteiger partial charge in [0.15, 0.2) is 0 Å². The van der Waals surface area contributed by atoms with Gasteiger partial charge in [0.2, 0.25) is 0 Å². The van der Waals surface area contributed by atoms with E-state index in [4.69, 9.17) is 0 Å². The molecule has 0 saturated carbocycles. The van der Waals surface area contributed by atoms with Gasteiger partial charge in [0.05, 0.1) is 0 Å². The molecule has 0 saturated heterocycles. The van der Waals surface area contributed by atoms with Crippen LogP contribution in [0.25, 0.3) is 0 Å². The molecule has 0 aliphatic carbocycles. The fourth-order valence-corrected chi connectivity index (χ4v) is 4.10. The van der Waals surface area contributed by atoms with Crippen molar-refractivity contribution >= 4 is 0 Å². The van der Waals surface area contributed by atoms with E-state index < -0.39 is 0 Å². The maximum absolute atomic E-state index is 2.20. The minimum atomic E-state index is 0. The Morgan fingerprint density at radius 2 is 0.676 bits per heavy atom. The molecular formula is C33H41Zr. The van der Waals surface area contributed by atoms with Gasteiger partial charge in [-0.2, -0.15) is 55.6 Å². The van der Waals surface area contributed by atoms with E-state index in [9.17, 15) is 0 Å². The van der Waals surface area contributed by atoms with Gasteiger partial charge in [-0.05, 0) is 0 Å². The summed E-state index contributed by atoms with van der Waals surface area (Å²) in [5.41, 5.74) is 17.2. The molecule has 0 unspecified atom stereocenters. The summed E-state index contributed by atoms with van der Waals surface area (Å²) in [6.45, 7) is 22.0. The van der Waals surface area contributed by atoms with Crippen molar-refractivity contribution in [3.8, 4) is 0 Å². The fourth-order valence-electron chi connectivity index (χ4n) is 4.10. The maximum Gasteiger partial charge on any atom is 3.00 e. The molecule has 0 fully saturated rings. The van der Waals surface area contributed by atoms with Gasteiger partial charge >= 0.3 is 26.2 Å². The van der Waals surface area contributed by atoms with Crippen LogP contribution >= 0.6 is 0 Å². The van der Waals surface area contributed by atoms with Gasteiger partial charge in [-0.3, -0.25) is 0 Å². The number of hydrogen-bond acceptors (Lipinski definition) is 0. The summed E-state index contributed by atoms with van der Waals surface area (Å²) in [5.74, 6) is 0. The Bertz CT molecular complexity index is 901. The maximum atomic E-state index is 2.20. The predicted octanol–water partition coefficient (Wildman–Crippen LogP) is 9.18. The average Bonchev–Trinajstić information content (AvgIpc) is 3.11. The van der Waals surface area contributed by atoms with Crippen LogP contribution in [0.1, 0.15) is 66.8 Å². The molecule has 0 amide bonds. The van der Waals surface area contributed by atoms with Crippen LogP contribution in [0.2, 0.25) is 0 Å². The quantitative estimate of drug-likeness (QED) is 0.227. The molecule has 0 bridgehead atoms. The summed E-state index contributed by atoms with van der Waals surface area (Å²) in [4.78, 5) is 0. The summed E-state index contributed by atoms with van der Waals surface area (Å²) < 4.78 is 0. The van der Waals surface area contributed by atoms with Crippen molar-refractivity contribution in [2.24, 2.45) is 0 Å². The second kappa shape index (κ2) is 13.7. The van der Waals surface area contributed by atoms with Crippen molar-refractivity contribution < 1.29 is 26.2 Å². The van der Waals surface area contributed by atoms with Crippen molar-refractivity contribution in [1.82, 2.24) is 0 Å². The van der Waals surface area contributed by atoms with Crippen LogP contribution in [0.15, 0.2) is 60.7 Å². The minimum absolute atomic E-state index is 0. The van der Waals surface area contributed by atoms with Crippen LogP contribution in [0, 0.1) is 75.7 Å². The summed E-state index contributed by atoms with van der Waals surface area (Å²) in [7, 11) is 0. The fraction of sp³-hybridized carbons (Fsp3) is 0.303. The Morgan fingerprint density at radius 1 is 0.441 bits per heavy atom. The van der Waals surface area contributed by atoms with Gasteiger partial charge in [-0.15, -0.1) is 41.8 Å². The van der Waals surface area contributed by atoms with E-state index in [0.717, 1.165) is 0 Å². The van der Waals surface area contributed by atoms with Crippen LogP contribution in [0.3, 0.4) is 0 Å². The van der Waals surface area contributed by atoms with Crippen molar-refractivity contribution in [2.75, 3.05) is 0 Å². The summed E-state index contributed by atoms with van der Waals surface area (Å²) >= 11 is 0. The molecule has 177 valence electrons. The Morgan fingerprint density at radius 3 is 0.853 bits per heavy atom. The van der Waals surface area contributed by atoms with Crippen molar-refractivity contribution in [3.05, 3.63) is 134 Å². The smallest absolute Gasteiger partial charge is 0.196 e. The molecule has 0 heterocycles.